The molecule has 34 heavy (non-hydrogen) atoms. The third kappa shape index (κ3) is 7.18. The minimum Gasteiger partial charge on any atom is -0.303 e. The van der Waals surface area contributed by atoms with E-state index in [0.717, 1.165) is 31.5 Å². The monoisotopic (exact) mass is 476 g/mol. The van der Waals surface area contributed by atoms with Gasteiger partial charge in [-0.1, -0.05) is 86.1 Å². The quantitative estimate of drug-likeness (QED) is 0.383. The molecule has 5 heteroatoms. The minimum absolute atomic E-state index is 0.0173. The molecule has 1 fully saturated rings. The highest BCUT2D eigenvalue weighted by molar-refractivity contribution is 7.91. The number of benzene rings is 3. The zero-order chi connectivity index (χ0) is 23.8. The van der Waals surface area contributed by atoms with Crippen LogP contribution in [0.3, 0.4) is 0 Å². The lowest BCUT2D eigenvalue weighted by Crippen LogP contribution is -2.23. The highest BCUT2D eigenvalue weighted by Crippen LogP contribution is 2.30. The first-order valence-electron chi connectivity index (χ1n) is 12.4. The normalized spacial score (nSPS) is 18.7. The summed E-state index contributed by atoms with van der Waals surface area (Å²) >= 11 is 0. The number of likely N-dealkylation sites (tertiary alicyclic amines) is 1. The van der Waals surface area contributed by atoms with Crippen molar-refractivity contribution in [3.8, 4) is 0 Å². The molecule has 1 aliphatic heterocycles. The summed E-state index contributed by atoms with van der Waals surface area (Å²) in [4.78, 5) is 2.62. The summed E-state index contributed by atoms with van der Waals surface area (Å²) in [5.74, 6) is 1.28. The molecule has 1 saturated heterocycles. The number of rotatable bonds is 11. The lowest BCUT2D eigenvalue weighted by Gasteiger charge is -2.17. The predicted octanol–water partition coefficient (Wildman–Crippen LogP) is 5.76. The summed E-state index contributed by atoms with van der Waals surface area (Å²) in [5.41, 5.74) is 4.06. The maximum absolute atomic E-state index is 12.7. The molecule has 180 valence electrons. The Balaban J connectivity index is 1.32. The van der Waals surface area contributed by atoms with E-state index in [1.807, 2.05) is 48.5 Å². The van der Waals surface area contributed by atoms with Crippen LogP contribution in [0, 0.1) is 11.8 Å². The Morgan fingerprint density at radius 2 is 1.47 bits per heavy atom. The van der Waals surface area contributed by atoms with E-state index >= 15 is 0 Å². The highest BCUT2D eigenvalue weighted by atomic mass is 32.2. The largest absolute Gasteiger partial charge is 0.303 e. The van der Waals surface area contributed by atoms with Gasteiger partial charge in [-0.3, -0.25) is 4.72 Å². The smallest absolute Gasteiger partial charge is 0.236 e. The van der Waals surface area contributed by atoms with Crippen molar-refractivity contribution in [3.63, 3.8) is 0 Å². The van der Waals surface area contributed by atoms with Gasteiger partial charge in [0.05, 0.1) is 5.75 Å². The molecule has 0 bridgehead atoms. The van der Waals surface area contributed by atoms with E-state index in [1.165, 1.54) is 30.5 Å². The summed E-state index contributed by atoms with van der Waals surface area (Å²) in [6, 6.07) is 28.0. The third-order valence-corrected chi connectivity index (χ3v) is 8.12. The maximum atomic E-state index is 12.7. The van der Waals surface area contributed by atoms with E-state index in [9.17, 15) is 8.42 Å². The fourth-order valence-corrected chi connectivity index (χ4v) is 6.33. The Labute approximate surface area is 205 Å². The van der Waals surface area contributed by atoms with Gasteiger partial charge < -0.3 is 4.90 Å². The van der Waals surface area contributed by atoms with Crippen LogP contribution in [0.1, 0.15) is 36.5 Å². The standard InChI is InChI=1S/C29H36N2O2S/c1-2-27-21-31(18-10-16-24-11-5-3-6-12-24)22-28(27)19-26-15-9-17-29(20-26)30-34(32,33)23-25-13-7-4-8-14-25/h3-9,11-15,17,20,27-28,30H,2,10,16,18-19,21-23H2,1H3. The molecule has 4 rings (SSSR count). The van der Waals surface area contributed by atoms with Gasteiger partial charge >= 0.3 is 0 Å². The van der Waals surface area contributed by atoms with Crippen molar-refractivity contribution < 1.29 is 8.42 Å². The highest BCUT2D eigenvalue weighted by Gasteiger charge is 2.31. The van der Waals surface area contributed by atoms with Crippen LogP contribution in [-0.2, 0) is 28.6 Å². The van der Waals surface area contributed by atoms with E-state index in [1.54, 1.807) is 0 Å². The summed E-state index contributed by atoms with van der Waals surface area (Å²) in [5, 5.41) is 0. The van der Waals surface area contributed by atoms with Crippen LogP contribution in [-0.4, -0.2) is 33.0 Å². The first-order valence-corrected chi connectivity index (χ1v) is 14.1. The number of anilines is 1. The van der Waals surface area contributed by atoms with Gasteiger partial charge in [0.15, 0.2) is 0 Å². The second kappa shape index (κ2) is 11.7. The number of hydrogen-bond acceptors (Lipinski definition) is 3. The number of hydrogen-bond donors (Lipinski definition) is 1. The lowest BCUT2D eigenvalue weighted by molar-refractivity contribution is 0.315. The van der Waals surface area contributed by atoms with Crippen molar-refractivity contribution >= 4 is 15.7 Å². The van der Waals surface area contributed by atoms with E-state index in [0.29, 0.717) is 17.5 Å². The van der Waals surface area contributed by atoms with Crippen LogP contribution in [0.2, 0.25) is 0 Å². The van der Waals surface area contributed by atoms with Crippen LogP contribution in [0.15, 0.2) is 84.9 Å². The molecule has 4 nitrogen and oxygen atoms in total. The molecule has 0 aromatic heterocycles. The van der Waals surface area contributed by atoms with Gasteiger partial charge in [-0.05, 0) is 66.5 Å². The average Bonchev–Trinajstić information content (AvgIpc) is 3.21. The van der Waals surface area contributed by atoms with Crippen molar-refractivity contribution in [1.29, 1.82) is 0 Å². The molecule has 1 heterocycles. The molecule has 0 aliphatic carbocycles. The molecular formula is C29H36N2O2S. The zero-order valence-electron chi connectivity index (χ0n) is 20.1. The zero-order valence-corrected chi connectivity index (χ0v) is 20.9. The van der Waals surface area contributed by atoms with Crippen LogP contribution in [0.5, 0.6) is 0 Å². The van der Waals surface area contributed by atoms with Crippen molar-refractivity contribution in [2.24, 2.45) is 11.8 Å². The average molecular weight is 477 g/mol. The minimum atomic E-state index is -3.45. The van der Waals surface area contributed by atoms with Gasteiger partial charge in [0.2, 0.25) is 10.0 Å². The number of nitrogens with one attached hydrogen (secondary N) is 1. The SMILES string of the molecule is CCC1CN(CCCc2ccccc2)CC1Cc1cccc(NS(=O)(=O)Cc2ccccc2)c1. The molecule has 0 radical (unpaired) electrons. The van der Waals surface area contributed by atoms with Crippen molar-refractivity contribution in [1.82, 2.24) is 4.90 Å². The Bertz CT molecular complexity index is 1130. The van der Waals surface area contributed by atoms with Gasteiger partial charge in [-0.25, -0.2) is 8.42 Å². The molecule has 3 aromatic rings. The van der Waals surface area contributed by atoms with Crippen molar-refractivity contribution in [3.05, 3.63) is 102 Å². The van der Waals surface area contributed by atoms with Crippen LogP contribution >= 0.6 is 0 Å². The third-order valence-electron chi connectivity index (χ3n) is 6.86. The van der Waals surface area contributed by atoms with Gasteiger partial charge in [0, 0.05) is 18.8 Å². The van der Waals surface area contributed by atoms with Crippen molar-refractivity contribution in [2.75, 3.05) is 24.4 Å². The first-order chi connectivity index (χ1) is 16.5. The number of sulfonamides is 1. The first kappa shape index (κ1) is 24.5. The van der Waals surface area contributed by atoms with E-state index in [4.69, 9.17) is 0 Å². The molecule has 1 N–H and O–H groups in total. The maximum Gasteiger partial charge on any atom is 0.236 e. The molecule has 0 saturated carbocycles. The van der Waals surface area contributed by atoms with Crippen LogP contribution in [0.25, 0.3) is 0 Å². The van der Waals surface area contributed by atoms with Gasteiger partial charge in [0.25, 0.3) is 0 Å². The Morgan fingerprint density at radius 1 is 0.824 bits per heavy atom. The Morgan fingerprint density at radius 3 is 2.18 bits per heavy atom. The summed E-state index contributed by atoms with van der Waals surface area (Å²) in [7, 11) is -3.45. The van der Waals surface area contributed by atoms with Gasteiger partial charge in [-0.2, -0.15) is 0 Å². The summed E-state index contributed by atoms with van der Waals surface area (Å²) in [6.45, 7) is 5.72. The molecule has 2 atom stereocenters. The molecule has 2 unspecified atom stereocenters. The van der Waals surface area contributed by atoms with Crippen LogP contribution in [0.4, 0.5) is 5.69 Å². The fraction of sp³-hybridized carbons (Fsp3) is 0.379. The number of aryl methyl sites for hydroxylation is 1. The van der Waals surface area contributed by atoms with Gasteiger partial charge in [0.1, 0.15) is 0 Å². The topological polar surface area (TPSA) is 49.4 Å². The Hall–Kier alpha value is -2.63. The fourth-order valence-electron chi connectivity index (χ4n) is 5.14. The summed E-state index contributed by atoms with van der Waals surface area (Å²) < 4.78 is 28.1. The molecule has 1 aliphatic rings. The van der Waals surface area contributed by atoms with E-state index in [-0.39, 0.29) is 5.75 Å². The lowest BCUT2D eigenvalue weighted by atomic mass is 9.88. The summed E-state index contributed by atoms with van der Waals surface area (Å²) in [6.07, 6.45) is 4.49. The van der Waals surface area contributed by atoms with E-state index in [2.05, 4.69) is 52.9 Å². The molecule has 0 spiro atoms. The molecular weight excluding hydrogens is 440 g/mol. The second-order valence-corrected chi connectivity index (χ2v) is 11.3. The Kier molecular flexibility index (Phi) is 8.41. The number of nitrogens with zero attached hydrogens (tertiary/aromatic N) is 1. The van der Waals surface area contributed by atoms with Crippen molar-refractivity contribution in [2.45, 2.75) is 38.4 Å². The molecule has 0 amide bonds. The molecule has 3 aromatic carbocycles. The predicted molar refractivity (Wildman–Crippen MR) is 141 cm³/mol. The van der Waals surface area contributed by atoms with E-state index < -0.39 is 10.0 Å². The second-order valence-electron chi connectivity index (χ2n) is 9.53. The van der Waals surface area contributed by atoms with Crippen LogP contribution < -0.4 is 4.72 Å². The van der Waals surface area contributed by atoms with Gasteiger partial charge in [-0.15, -0.1) is 0 Å².